The number of carbonyl (C=O) groups excluding carboxylic acids is 2. The molecule has 3 aromatic rings. The number of aryl methyl sites for hydroxylation is 1. The van der Waals surface area contributed by atoms with E-state index < -0.39 is 5.97 Å². The Bertz CT molecular complexity index is 1150. The summed E-state index contributed by atoms with van der Waals surface area (Å²) in [7, 11) is 0. The monoisotopic (exact) mass is 426 g/mol. The van der Waals surface area contributed by atoms with Crippen molar-refractivity contribution in [2.24, 2.45) is 0 Å². The van der Waals surface area contributed by atoms with Crippen molar-refractivity contribution in [3.63, 3.8) is 0 Å². The van der Waals surface area contributed by atoms with E-state index in [9.17, 15) is 9.59 Å². The van der Waals surface area contributed by atoms with E-state index in [-0.39, 0.29) is 11.5 Å². The van der Waals surface area contributed by atoms with Crippen LogP contribution in [0.1, 0.15) is 40.3 Å². The number of esters is 1. The lowest BCUT2D eigenvalue weighted by Gasteiger charge is -2.06. The van der Waals surface area contributed by atoms with Gasteiger partial charge in [0.15, 0.2) is 5.76 Å². The Balaban J connectivity index is 1.64. The highest BCUT2D eigenvalue weighted by molar-refractivity contribution is 9.10. The molecule has 6 heteroatoms. The van der Waals surface area contributed by atoms with Gasteiger partial charge in [0.25, 0.3) is 0 Å². The molecule has 0 amide bonds. The van der Waals surface area contributed by atoms with E-state index in [2.05, 4.69) is 15.9 Å². The molecule has 0 radical (unpaired) electrons. The fraction of sp³-hybridized carbons (Fsp3) is 0.143. The van der Waals surface area contributed by atoms with Crippen molar-refractivity contribution < 1.29 is 23.5 Å². The molecule has 5 nitrogen and oxygen atoms in total. The van der Waals surface area contributed by atoms with Gasteiger partial charge in [0, 0.05) is 15.9 Å². The quantitative estimate of drug-likeness (QED) is 0.303. The molecule has 1 aromatic heterocycles. The highest BCUT2D eigenvalue weighted by Crippen LogP contribution is 2.38. The number of rotatable bonds is 2. The summed E-state index contributed by atoms with van der Waals surface area (Å²) >= 11 is 3.39. The third-order valence-electron chi connectivity index (χ3n) is 4.26. The molecule has 0 aliphatic carbocycles. The van der Waals surface area contributed by atoms with Crippen LogP contribution in [-0.2, 0) is 0 Å². The van der Waals surface area contributed by atoms with Crippen molar-refractivity contribution in [2.45, 2.75) is 20.8 Å². The number of benzene rings is 2. The van der Waals surface area contributed by atoms with Gasteiger partial charge >= 0.3 is 5.97 Å². The van der Waals surface area contributed by atoms with Crippen LogP contribution in [0.25, 0.3) is 11.0 Å². The highest BCUT2D eigenvalue weighted by Gasteiger charge is 2.31. The first-order chi connectivity index (χ1) is 12.8. The Kier molecular flexibility index (Phi) is 4.15. The third-order valence-corrected chi connectivity index (χ3v) is 4.76. The first-order valence-electron chi connectivity index (χ1n) is 8.29. The fourth-order valence-corrected chi connectivity index (χ4v) is 3.40. The number of hydrogen-bond acceptors (Lipinski definition) is 5. The predicted molar refractivity (Wildman–Crippen MR) is 103 cm³/mol. The first-order valence-corrected chi connectivity index (χ1v) is 9.09. The van der Waals surface area contributed by atoms with E-state index in [0.717, 1.165) is 15.4 Å². The molecule has 27 heavy (non-hydrogen) atoms. The Morgan fingerprint density at radius 1 is 1.11 bits per heavy atom. The maximum Gasteiger partial charge on any atom is 0.379 e. The van der Waals surface area contributed by atoms with Crippen LogP contribution in [0.4, 0.5) is 0 Å². The van der Waals surface area contributed by atoms with Gasteiger partial charge < -0.3 is 13.9 Å². The molecule has 0 N–H and O–H groups in total. The van der Waals surface area contributed by atoms with Crippen molar-refractivity contribution in [3.05, 3.63) is 69.1 Å². The SMILES string of the molecule is CC(C)=C1Oc2cc(OC(=O)c3cc4cc(Br)ccc4o3)cc(C)c2C1=O. The van der Waals surface area contributed by atoms with Gasteiger partial charge in [0.05, 0.1) is 5.56 Å². The van der Waals surface area contributed by atoms with Crippen molar-refractivity contribution >= 4 is 38.7 Å². The first kappa shape index (κ1) is 17.5. The standard InChI is InChI=1S/C21H15BrO5/c1-10(2)20-19(23)18-11(3)6-14(9-16(18)27-20)25-21(24)17-8-12-7-13(22)4-5-15(12)26-17/h4-9H,1-3H3. The van der Waals surface area contributed by atoms with Crippen LogP contribution in [0.2, 0.25) is 0 Å². The zero-order chi connectivity index (χ0) is 19.3. The van der Waals surface area contributed by atoms with Crippen LogP contribution >= 0.6 is 15.9 Å². The van der Waals surface area contributed by atoms with Gasteiger partial charge in [-0.2, -0.15) is 0 Å². The van der Waals surface area contributed by atoms with Crippen LogP contribution in [-0.4, -0.2) is 11.8 Å². The zero-order valence-electron chi connectivity index (χ0n) is 14.9. The number of furan rings is 1. The van der Waals surface area contributed by atoms with Crippen molar-refractivity contribution in [2.75, 3.05) is 0 Å². The summed E-state index contributed by atoms with van der Waals surface area (Å²) in [5.74, 6) is 0.340. The largest absolute Gasteiger partial charge is 0.452 e. The molecular formula is C21H15BrO5. The lowest BCUT2D eigenvalue weighted by molar-refractivity contribution is 0.0703. The molecule has 4 rings (SSSR count). The molecule has 0 saturated heterocycles. The Labute approximate surface area is 163 Å². The second kappa shape index (κ2) is 6.39. The smallest absolute Gasteiger partial charge is 0.379 e. The molecule has 0 saturated carbocycles. The summed E-state index contributed by atoms with van der Waals surface area (Å²) in [6.07, 6.45) is 0. The van der Waals surface area contributed by atoms with Crippen molar-refractivity contribution in [1.29, 1.82) is 0 Å². The normalized spacial score (nSPS) is 12.9. The summed E-state index contributed by atoms with van der Waals surface area (Å²) < 4.78 is 17.6. The maximum absolute atomic E-state index is 12.5. The summed E-state index contributed by atoms with van der Waals surface area (Å²) in [5, 5.41) is 0.795. The number of ketones is 1. The Morgan fingerprint density at radius 2 is 1.89 bits per heavy atom. The van der Waals surface area contributed by atoms with E-state index in [1.54, 1.807) is 31.2 Å². The molecule has 136 valence electrons. The van der Waals surface area contributed by atoms with Gasteiger partial charge in [-0.3, -0.25) is 4.79 Å². The molecular weight excluding hydrogens is 412 g/mol. The topological polar surface area (TPSA) is 65.7 Å². The second-order valence-corrected chi connectivity index (χ2v) is 7.47. The molecule has 0 spiro atoms. The van der Waals surface area contributed by atoms with Gasteiger partial charge in [-0.15, -0.1) is 0 Å². The van der Waals surface area contributed by atoms with Crippen LogP contribution in [0.3, 0.4) is 0 Å². The van der Waals surface area contributed by atoms with E-state index in [1.165, 1.54) is 0 Å². The second-order valence-electron chi connectivity index (χ2n) is 6.56. The van der Waals surface area contributed by atoms with E-state index in [4.69, 9.17) is 13.9 Å². The average molecular weight is 427 g/mol. The number of carbonyl (C=O) groups is 2. The van der Waals surface area contributed by atoms with Crippen LogP contribution < -0.4 is 9.47 Å². The van der Waals surface area contributed by atoms with Crippen molar-refractivity contribution in [3.8, 4) is 11.5 Å². The van der Waals surface area contributed by atoms with Gasteiger partial charge in [0.2, 0.25) is 11.5 Å². The number of Topliss-reactive ketones (excluding diaryl/α,β-unsaturated/α-hetero) is 1. The fourth-order valence-electron chi connectivity index (χ4n) is 3.02. The Hall–Kier alpha value is -2.86. The summed E-state index contributed by atoms with van der Waals surface area (Å²) in [6, 6.07) is 10.3. The summed E-state index contributed by atoms with van der Waals surface area (Å²) in [4.78, 5) is 24.9. The molecule has 2 heterocycles. The summed E-state index contributed by atoms with van der Waals surface area (Å²) in [6.45, 7) is 5.41. The molecule has 0 bridgehead atoms. The minimum absolute atomic E-state index is 0.100. The van der Waals surface area contributed by atoms with Crippen LogP contribution in [0, 0.1) is 6.92 Å². The van der Waals surface area contributed by atoms with Gasteiger partial charge in [0.1, 0.15) is 17.1 Å². The van der Waals surface area contributed by atoms with Crippen molar-refractivity contribution in [1.82, 2.24) is 0 Å². The molecule has 2 aromatic carbocycles. The number of hydrogen-bond donors (Lipinski definition) is 0. The van der Waals surface area contributed by atoms with E-state index in [0.29, 0.717) is 34.0 Å². The van der Waals surface area contributed by atoms with Gasteiger partial charge in [-0.05, 0) is 62.2 Å². The van der Waals surface area contributed by atoms with E-state index >= 15 is 0 Å². The predicted octanol–water partition coefficient (Wildman–Crippen LogP) is 5.59. The summed E-state index contributed by atoms with van der Waals surface area (Å²) in [5.41, 5.74) is 2.57. The maximum atomic E-state index is 12.5. The van der Waals surface area contributed by atoms with Crippen LogP contribution in [0.5, 0.6) is 11.5 Å². The third kappa shape index (κ3) is 3.06. The molecule has 0 fully saturated rings. The van der Waals surface area contributed by atoms with Gasteiger partial charge in [-0.1, -0.05) is 15.9 Å². The molecule has 1 aliphatic heterocycles. The van der Waals surface area contributed by atoms with Gasteiger partial charge in [-0.25, -0.2) is 4.79 Å². The number of fused-ring (bicyclic) bond motifs is 2. The number of halogens is 1. The minimum atomic E-state index is -0.617. The average Bonchev–Trinajstić information content (AvgIpc) is 3.16. The Morgan fingerprint density at radius 3 is 2.63 bits per heavy atom. The number of allylic oxidation sites excluding steroid dienone is 2. The number of ether oxygens (including phenoxy) is 2. The lowest BCUT2D eigenvalue weighted by atomic mass is 10.0. The van der Waals surface area contributed by atoms with E-state index in [1.807, 2.05) is 26.0 Å². The molecule has 0 unspecified atom stereocenters. The highest BCUT2D eigenvalue weighted by atomic mass is 79.9. The minimum Gasteiger partial charge on any atom is -0.452 e. The lowest BCUT2D eigenvalue weighted by Crippen LogP contribution is -2.07. The van der Waals surface area contributed by atoms with Crippen LogP contribution in [0.15, 0.2) is 56.6 Å². The molecule has 0 atom stereocenters. The molecule has 1 aliphatic rings. The zero-order valence-corrected chi connectivity index (χ0v) is 16.5.